The zero-order valence-corrected chi connectivity index (χ0v) is 32.1. The Morgan fingerprint density at radius 3 is 1.18 bits per heavy atom. The van der Waals surface area contributed by atoms with E-state index in [0.29, 0.717) is 11.1 Å². The third kappa shape index (κ3) is 15.5. The number of fused-ring (bicyclic) bond motifs is 1. The maximum atomic E-state index is 13.0. The van der Waals surface area contributed by atoms with Crippen molar-refractivity contribution >= 4 is 17.3 Å². The molecule has 264 valence electrons. The summed E-state index contributed by atoms with van der Waals surface area (Å²) in [5, 5.41) is 0. The zero-order valence-electron chi connectivity index (χ0n) is 32.1. The van der Waals surface area contributed by atoms with E-state index in [1.807, 2.05) is 6.92 Å². The average molecular weight is 663 g/mol. The highest BCUT2D eigenvalue weighted by molar-refractivity contribution is 6.38. The SMILES string of the molecule is CC(C)=CCCC(C)=CCCC(C)=CCCC(C)=CCCC(C)=CCCC(C)=CCCC(C)=CC(=O)C1=C(C)C(=O)c2ccccc2C1=O. The average Bonchev–Trinajstić information content (AvgIpc) is 3.03. The van der Waals surface area contributed by atoms with Gasteiger partial charge in [-0.3, -0.25) is 14.4 Å². The second-order valence-corrected chi connectivity index (χ2v) is 14.3. The van der Waals surface area contributed by atoms with Crippen LogP contribution in [-0.2, 0) is 4.79 Å². The van der Waals surface area contributed by atoms with Crippen LogP contribution in [0.5, 0.6) is 0 Å². The molecule has 0 spiro atoms. The van der Waals surface area contributed by atoms with Gasteiger partial charge in [0.05, 0.1) is 5.57 Å². The summed E-state index contributed by atoms with van der Waals surface area (Å²) < 4.78 is 0. The number of carbonyl (C=O) groups is 3. The van der Waals surface area contributed by atoms with Gasteiger partial charge in [-0.15, -0.1) is 0 Å². The van der Waals surface area contributed by atoms with Gasteiger partial charge in [-0.2, -0.15) is 0 Å². The maximum absolute atomic E-state index is 13.0. The highest BCUT2D eigenvalue weighted by Gasteiger charge is 2.32. The molecule has 0 atom stereocenters. The summed E-state index contributed by atoms with van der Waals surface area (Å²) in [5.74, 6) is -0.985. The van der Waals surface area contributed by atoms with E-state index in [1.54, 1.807) is 31.2 Å². The van der Waals surface area contributed by atoms with Crippen molar-refractivity contribution in [2.24, 2.45) is 0 Å². The molecular weight excluding hydrogens is 601 g/mol. The molecule has 1 aliphatic carbocycles. The van der Waals surface area contributed by atoms with Gasteiger partial charge in [-0.25, -0.2) is 0 Å². The van der Waals surface area contributed by atoms with E-state index < -0.39 is 0 Å². The van der Waals surface area contributed by atoms with E-state index in [1.165, 1.54) is 45.9 Å². The van der Waals surface area contributed by atoms with Crippen LogP contribution in [0.1, 0.15) is 160 Å². The van der Waals surface area contributed by atoms with E-state index in [4.69, 9.17) is 0 Å². The van der Waals surface area contributed by atoms with Crippen LogP contribution in [0.3, 0.4) is 0 Å². The first-order chi connectivity index (χ1) is 23.3. The molecule has 1 aromatic rings. The second-order valence-electron chi connectivity index (χ2n) is 14.3. The molecule has 1 aliphatic rings. The van der Waals surface area contributed by atoms with E-state index in [9.17, 15) is 14.4 Å². The fourth-order valence-corrected chi connectivity index (χ4v) is 5.99. The van der Waals surface area contributed by atoms with Crippen LogP contribution in [0, 0.1) is 0 Å². The lowest BCUT2D eigenvalue weighted by Crippen LogP contribution is -2.24. The van der Waals surface area contributed by atoms with Crippen LogP contribution >= 0.6 is 0 Å². The Morgan fingerprint density at radius 1 is 0.490 bits per heavy atom. The number of carbonyl (C=O) groups excluding carboxylic acids is 3. The van der Waals surface area contributed by atoms with Crippen molar-refractivity contribution in [3.63, 3.8) is 0 Å². The molecule has 0 N–H and O–H groups in total. The van der Waals surface area contributed by atoms with Crippen LogP contribution in [-0.4, -0.2) is 17.3 Å². The summed E-state index contributed by atoms with van der Waals surface area (Å²) in [6.45, 7) is 19.0. The third-order valence-electron chi connectivity index (χ3n) is 9.23. The Kier molecular flexibility index (Phi) is 18.5. The third-order valence-corrected chi connectivity index (χ3v) is 9.23. The van der Waals surface area contributed by atoms with E-state index in [2.05, 4.69) is 84.9 Å². The van der Waals surface area contributed by atoms with Crippen molar-refractivity contribution in [1.82, 2.24) is 0 Å². The summed E-state index contributed by atoms with van der Waals surface area (Å²) >= 11 is 0. The molecule has 0 heterocycles. The Hall–Kier alpha value is -3.85. The van der Waals surface area contributed by atoms with Gasteiger partial charge in [0.25, 0.3) is 0 Å². The van der Waals surface area contributed by atoms with Crippen molar-refractivity contribution in [3.05, 3.63) is 128 Å². The summed E-state index contributed by atoms with van der Waals surface area (Å²) in [7, 11) is 0. The molecule has 0 saturated carbocycles. The number of benzene rings is 1. The lowest BCUT2D eigenvalue weighted by molar-refractivity contribution is -0.111. The monoisotopic (exact) mass is 662 g/mol. The molecule has 0 fully saturated rings. The molecule has 0 bridgehead atoms. The fraction of sp³-hybridized carbons (Fsp3) is 0.457. The van der Waals surface area contributed by atoms with E-state index >= 15 is 0 Å². The standard InChI is InChI=1S/C46H62O3/c1-33(2)18-12-19-34(3)20-13-21-35(4)22-14-23-36(5)24-15-25-37(6)26-16-27-38(7)28-17-29-39(8)32-43(47)44-40(9)45(48)41-30-10-11-31-42(41)46(44)49/h10-11,18,20,22,24,26,28,30-32H,12-17,19,21,23,25,27,29H2,1-9H3. The normalized spacial score (nSPS) is 15.2. The largest absolute Gasteiger partial charge is 0.289 e. The van der Waals surface area contributed by atoms with Crippen LogP contribution in [0.2, 0.25) is 0 Å². The maximum Gasteiger partial charge on any atom is 0.198 e. The Labute approximate surface area is 298 Å². The molecule has 0 aliphatic heterocycles. The van der Waals surface area contributed by atoms with Gasteiger partial charge in [0.15, 0.2) is 17.3 Å². The minimum absolute atomic E-state index is 0.000793. The van der Waals surface area contributed by atoms with Crippen LogP contribution < -0.4 is 0 Å². The predicted molar refractivity (Wildman–Crippen MR) is 210 cm³/mol. The molecule has 3 nitrogen and oxygen atoms in total. The van der Waals surface area contributed by atoms with E-state index in [0.717, 1.165) is 76.2 Å². The minimum atomic E-state index is -0.378. The van der Waals surface area contributed by atoms with Crippen molar-refractivity contribution in [2.75, 3.05) is 0 Å². The minimum Gasteiger partial charge on any atom is -0.289 e. The smallest absolute Gasteiger partial charge is 0.198 e. The summed E-state index contributed by atoms with van der Waals surface area (Å²) in [6, 6.07) is 6.71. The van der Waals surface area contributed by atoms with Crippen molar-refractivity contribution in [1.29, 1.82) is 0 Å². The van der Waals surface area contributed by atoms with Crippen molar-refractivity contribution in [2.45, 2.75) is 139 Å². The molecule has 0 amide bonds. The van der Waals surface area contributed by atoms with Crippen LogP contribution in [0.4, 0.5) is 0 Å². The Balaban J connectivity index is 1.69. The highest BCUT2D eigenvalue weighted by atomic mass is 16.2. The first kappa shape index (κ1) is 41.3. The van der Waals surface area contributed by atoms with Crippen molar-refractivity contribution in [3.8, 4) is 0 Å². The summed E-state index contributed by atoms with van der Waals surface area (Å²) in [4.78, 5) is 38.7. The predicted octanol–water partition coefficient (Wildman–Crippen LogP) is 13.3. The lowest BCUT2D eigenvalue weighted by Gasteiger charge is -2.17. The Morgan fingerprint density at radius 2 is 0.816 bits per heavy atom. The van der Waals surface area contributed by atoms with Gasteiger partial charge in [-0.05, 0) is 145 Å². The molecule has 0 unspecified atom stereocenters. The molecular formula is C46H62O3. The highest BCUT2D eigenvalue weighted by Crippen LogP contribution is 2.27. The first-order valence-electron chi connectivity index (χ1n) is 18.3. The van der Waals surface area contributed by atoms with Gasteiger partial charge >= 0.3 is 0 Å². The lowest BCUT2D eigenvalue weighted by atomic mass is 9.82. The molecule has 49 heavy (non-hydrogen) atoms. The quantitative estimate of drug-likeness (QED) is 0.0793. The first-order valence-corrected chi connectivity index (χ1v) is 18.3. The Bertz CT molecular complexity index is 1570. The van der Waals surface area contributed by atoms with Gasteiger partial charge in [0.2, 0.25) is 0 Å². The topological polar surface area (TPSA) is 51.2 Å². The second kappa shape index (κ2) is 22.0. The van der Waals surface area contributed by atoms with E-state index in [-0.39, 0.29) is 28.5 Å². The van der Waals surface area contributed by atoms with Gasteiger partial charge in [-0.1, -0.05) is 99.7 Å². The number of hydrogen-bond acceptors (Lipinski definition) is 3. The van der Waals surface area contributed by atoms with Gasteiger partial charge in [0, 0.05) is 16.7 Å². The zero-order chi connectivity index (χ0) is 36.3. The summed E-state index contributed by atoms with van der Waals surface area (Å²) in [6.07, 6.45) is 28.4. The molecule has 0 radical (unpaired) electrons. The van der Waals surface area contributed by atoms with Crippen LogP contribution in [0.15, 0.2) is 117 Å². The van der Waals surface area contributed by atoms with Gasteiger partial charge in [0.1, 0.15) is 0 Å². The number of rotatable bonds is 20. The molecule has 0 saturated heterocycles. The van der Waals surface area contributed by atoms with Gasteiger partial charge < -0.3 is 0 Å². The summed E-state index contributed by atoms with van der Waals surface area (Å²) in [5.41, 5.74) is 10.5. The molecule has 3 heteroatoms. The number of allylic oxidation sites excluding steroid dienone is 16. The molecule has 0 aromatic heterocycles. The number of Topliss-reactive ketones (excluding diaryl/α,β-unsaturated/α-hetero) is 2. The van der Waals surface area contributed by atoms with Crippen molar-refractivity contribution < 1.29 is 14.4 Å². The number of hydrogen-bond donors (Lipinski definition) is 0. The molecule has 1 aromatic carbocycles. The fourth-order valence-electron chi connectivity index (χ4n) is 5.99. The number of ketones is 3. The molecule has 2 rings (SSSR count). The van der Waals surface area contributed by atoms with Crippen LogP contribution in [0.25, 0.3) is 0 Å².